The molecular weight excluding hydrogens is 208 g/mol. The summed E-state index contributed by atoms with van der Waals surface area (Å²) in [7, 11) is 1.73. The first-order valence-corrected chi connectivity index (χ1v) is 5.72. The smallest absolute Gasteiger partial charge is 0.325 e. The van der Waals surface area contributed by atoms with Crippen LogP contribution in [0, 0.1) is 0 Å². The summed E-state index contributed by atoms with van der Waals surface area (Å²) in [5.41, 5.74) is 0. The van der Waals surface area contributed by atoms with Crippen LogP contribution in [0.3, 0.4) is 0 Å². The zero-order valence-corrected chi connectivity index (χ0v) is 10.6. The molecule has 0 spiro atoms. The average molecular weight is 230 g/mol. The largest absolute Gasteiger partial charge is 0.465 e. The van der Waals surface area contributed by atoms with Crippen molar-refractivity contribution in [1.82, 2.24) is 10.2 Å². The number of amides is 2. The third-order valence-electron chi connectivity index (χ3n) is 2.50. The summed E-state index contributed by atoms with van der Waals surface area (Å²) < 4.78 is 4.71. The Morgan fingerprint density at radius 2 is 1.81 bits per heavy atom. The van der Waals surface area contributed by atoms with E-state index in [1.807, 2.05) is 13.8 Å². The molecule has 0 fully saturated rings. The number of rotatable bonds is 6. The molecule has 0 aliphatic carbocycles. The second kappa shape index (κ2) is 7.96. The van der Waals surface area contributed by atoms with Crippen molar-refractivity contribution in [1.29, 1.82) is 0 Å². The molecule has 0 atom stereocenters. The van der Waals surface area contributed by atoms with Crippen molar-refractivity contribution < 1.29 is 14.3 Å². The Hall–Kier alpha value is -1.26. The fourth-order valence-corrected chi connectivity index (χ4v) is 1.49. The maximum absolute atomic E-state index is 11.6. The molecule has 5 heteroatoms. The lowest BCUT2D eigenvalue weighted by atomic mass is 10.1. The molecule has 5 nitrogen and oxygen atoms in total. The first-order valence-electron chi connectivity index (χ1n) is 5.72. The summed E-state index contributed by atoms with van der Waals surface area (Å²) >= 11 is 0. The number of hydrogen-bond acceptors (Lipinski definition) is 3. The van der Waals surface area contributed by atoms with Crippen molar-refractivity contribution in [3.63, 3.8) is 0 Å². The number of carbonyl (C=O) groups excluding carboxylic acids is 2. The second-order valence-electron chi connectivity index (χ2n) is 3.54. The summed E-state index contributed by atoms with van der Waals surface area (Å²) in [5, 5.41) is 2.53. The van der Waals surface area contributed by atoms with Crippen molar-refractivity contribution >= 4 is 12.0 Å². The van der Waals surface area contributed by atoms with Crippen LogP contribution in [0.2, 0.25) is 0 Å². The van der Waals surface area contributed by atoms with Crippen molar-refractivity contribution in [3.8, 4) is 0 Å². The normalized spacial score (nSPS) is 10.1. The lowest BCUT2D eigenvalue weighted by Gasteiger charge is -2.26. The molecule has 16 heavy (non-hydrogen) atoms. The van der Waals surface area contributed by atoms with Crippen LogP contribution in [0.25, 0.3) is 0 Å². The maximum Gasteiger partial charge on any atom is 0.325 e. The number of hydrogen-bond donors (Lipinski definition) is 1. The third kappa shape index (κ3) is 5.00. The number of ether oxygens (including phenoxy) is 1. The molecular formula is C11H22N2O3. The van der Waals surface area contributed by atoms with Gasteiger partial charge in [-0.25, -0.2) is 4.79 Å². The van der Waals surface area contributed by atoms with E-state index in [2.05, 4.69) is 5.32 Å². The molecule has 0 aromatic rings. The SMILES string of the molecule is CCOC(=O)CNC(=O)N(C)C(CC)CC. The van der Waals surface area contributed by atoms with Gasteiger partial charge in [0.25, 0.3) is 0 Å². The molecule has 0 aromatic heterocycles. The van der Waals surface area contributed by atoms with Crippen LogP contribution in [-0.2, 0) is 9.53 Å². The minimum absolute atomic E-state index is 0.0723. The van der Waals surface area contributed by atoms with Gasteiger partial charge in [0, 0.05) is 13.1 Å². The topological polar surface area (TPSA) is 58.6 Å². The molecule has 0 heterocycles. The van der Waals surface area contributed by atoms with Gasteiger partial charge in [0.05, 0.1) is 6.61 Å². The van der Waals surface area contributed by atoms with Gasteiger partial charge in [-0.15, -0.1) is 0 Å². The number of carbonyl (C=O) groups is 2. The highest BCUT2D eigenvalue weighted by Crippen LogP contribution is 2.05. The zero-order valence-electron chi connectivity index (χ0n) is 10.6. The summed E-state index contributed by atoms with van der Waals surface area (Å²) in [6, 6.07) is -0.0241. The molecule has 0 radical (unpaired) electrons. The third-order valence-corrected chi connectivity index (χ3v) is 2.50. The molecule has 1 N–H and O–H groups in total. The van der Waals surface area contributed by atoms with E-state index in [-0.39, 0.29) is 18.6 Å². The predicted octanol–water partition coefficient (Wildman–Crippen LogP) is 1.38. The van der Waals surface area contributed by atoms with E-state index in [9.17, 15) is 9.59 Å². The van der Waals surface area contributed by atoms with Crippen LogP contribution in [0.15, 0.2) is 0 Å². The van der Waals surface area contributed by atoms with E-state index in [1.54, 1.807) is 18.9 Å². The first-order chi connectivity index (χ1) is 7.56. The fourth-order valence-electron chi connectivity index (χ4n) is 1.49. The first kappa shape index (κ1) is 14.7. The van der Waals surface area contributed by atoms with Crippen LogP contribution >= 0.6 is 0 Å². The standard InChI is InChI=1S/C11H22N2O3/c1-5-9(6-2)13(4)11(15)12-8-10(14)16-7-3/h9H,5-8H2,1-4H3,(H,12,15). The molecule has 94 valence electrons. The molecule has 0 saturated carbocycles. The summed E-state index contributed by atoms with van der Waals surface area (Å²) in [4.78, 5) is 24.3. The number of nitrogens with one attached hydrogen (secondary N) is 1. The van der Waals surface area contributed by atoms with E-state index < -0.39 is 5.97 Å². The molecule has 0 aliphatic heterocycles. The quantitative estimate of drug-likeness (QED) is 0.701. The van der Waals surface area contributed by atoms with Crippen LogP contribution < -0.4 is 5.32 Å². The molecule has 0 bridgehead atoms. The number of nitrogens with zero attached hydrogens (tertiary/aromatic N) is 1. The predicted molar refractivity (Wildman–Crippen MR) is 62.2 cm³/mol. The van der Waals surface area contributed by atoms with Gasteiger partial charge < -0.3 is 15.0 Å². The van der Waals surface area contributed by atoms with E-state index in [0.717, 1.165) is 12.8 Å². The Labute approximate surface area is 97.1 Å². The van der Waals surface area contributed by atoms with Gasteiger partial charge in [0.2, 0.25) is 0 Å². The molecule has 0 rings (SSSR count). The molecule has 0 aromatic carbocycles. The highest BCUT2D eigenvalue weighted by molar-refractivity contribution is 5.80. The van der Waals surface area contributed by atoms with Gasteiger partial charge in [0.1, 0.15) is 6.54 Å². The van der Waals surface area contributed by atoms with Crippen LogP contribution in [0.5, 0.6) is 0 Å². The Morgan fingerprint density at radius 1 is 1.25 bits per heavy atom. The van der Waals surface area contributed by atoms with E-state index in [1.165, 1.54) is 0 Å². The molecule has 0 unspecified atom stereocenters. The number of esters is 1. The molecule has 0 saturated heterocycles. The van der Waals surface area contributed by atoms with Crippen molar-refractivity contribution in [2.45, 2.75) is 39.7 Å². The Bertz CT molecular complexity index is 227. The van der Waals surface area contributed by atoms with E-state index in [0.29, 0.717) is 6.61 Å². The van der Waals surface area contributed by atoms with Crippen LogP contribution in [-0.4, -0.2) is 43.1 Å². The van der Waals surface area contributed by atoms with Gasteiger partial charge in [-0.2, -0.15) is 0 Å². The van der Waals surface area contributed by atoms with Crippen molar-refractivity contribution in [2.75, 3.05) is 20.2 Å². The molecule has 0 aliphatic rings. The second-order valence-corrected chi connectivity index (χ2v) is 3.54. The maximum atomic E-state index is 11.6. The van der Waals surface area contributed by atoms with Gasteiger partial charge in [-0.05, 0) is 19.8 Å². The van der Waals surface area contributed by atoms with Crippen LogP contribution in [0.4, 0.5) is 4.79 Å². The van der Waals surface area contributed by atoms with Gasteiger partial charge in [-0.1, -0.05) is 13.8 Å². The van der Waals surface area contributed by atoms with Crippen molar-refractivity contribution in [3.05, 3.63) is 0 Å². The van der Waals surface area contributed by atoms with Gasteiger partial charge in [-0.3, -0.25) is 4.79 Å². The van der Waals surface area contributed by atoms with Gasteiger partial charge >= 0.3 is 12.0 Å². The zero-order chi connectivity index (χ0) is 12.6. The van der Waals surface area contributed by atoms with E-state index in [4.69, 9.17) is 4.74 Å². The highest BCUT2D eigenvalue weighted by atomic mass is 16.5. The van der Waals surface area contributed by atoms with Crippen LogP contribution in [0.1, 0.15) is 33.6 Å². The summed E-state index contributed by atoms with van der Waals surface area (Å²) in [6.07, 6.45) is 1.81. The average Bonchev–Trinajstić information content (AvgIpc) is 2.27. The van der Waals surface area contributed by atoms with E-state index >= 15 is 0 Å². The monoisotopic (exact) mass is 230 g/mol. The minimum Gasteiger partial charge on any atom is -0.465 e. The highest BCUT2D eigenvalue weighted by Gasteiger charge is 2.16. The Morgan fingerprint density at radius 3 is 2.25 bits per heavy atom. The Balaban J connectivity index is 4.00. The van der Waals surface area contributed by atoms with Crippen molar-refractivity contribution in [2.24, 2.45) is 0 Å². The lowest BCUT2D eigenvalue weighted by Crippen LogP contribution is -2.44. The lowest BCUT2D eigenvalue weighted by molar-refractivity contribution is -0.141. The summed E-state index contributed by atoms with van der Waals surface area (Å²) in [6.45, 7) is 6.05. The Kier molecular flexibility index (Phi) is 7.33. The van der Waals surface area contributed by atoms with Gasteiger partial charge in [0.15, 0.2) is 0 Å². The molecule has 2 amide bonds. The minimum atomic E-state index is -0.409. The number of urea groups is 1. The summed E-state index contributed by atoms with van der Waals surface area (Å²) in [5.74, 6) is -0.409. The fraction of sp³-hybridized carbons (Fsp3) is 0.818.